The summed E-state index contributed by atoms with van der Waals surface area (Å²) in [6.07, 6.45) is 7.21. The highest BCUT2D eigenvalue weighted by atomic mass is 16.5. The van der Waals surface area contributed by atoms with Gasteiger partial charge in [0.15, 0.2) is 0 Å². The normalized spacial score (nSPS) is 20.3. The van der Waals surface area contributed by atoms with E-state index in [2.05, 4.69) is 69.2 Å². The second kappa shape index (κ2) is 10.1. The maximum Gasteiger partial charge on any atom is 0.0735 e. The van der Waals surface area contributed by atoms with Gasteiger partial charge >= 0.3 is 0 Å². The molecule has 0 aromatic carbocycles. The largest absolute Gasteiger partial charge is 0.367 e. The number of hydrogen-bond donors (Lipinski definition) is 0. The highest BCUT2D eigenvalue weighted by Gasteiger charge is 2.48. The standard InChI is InChI=1S/C22H46O/c1-11-15-19(9)21(13-3,17(5)6)23-22(14-4,18(7)8)20(10)16-12-2/h17-20H,11-16H2,1-10H3. The fraction of sp³-hybridized carbons (Fsp3) is 1.00. The van der Waals surface area contributed by atoms with E-state index in [0.29, 0.717) is 23.7 Å². The summed E-state index contributed by atoms with van der Waals surface area (Å²) >= 11 is 0. The SMILES string of the molecule is CCCC(C)C(CC)(OC(CC)(C(C)C)C(C)CCC)C(C)C. The summed E-state index contributed by atoms with van der Waals surface area (Å²) in [6, 6.07) is 0. The van der Waals surface area contributed by atoms with Crippen molar-refractivity contribution < 1.29 is 4.74 Å². The fourth-order valence-electron chi connectivity index (χ4n) is 4.94. The van der Waals surface area contributed by atoms with Crippen molar-refractivity contribution in [2.75, 3.05) is 0 Å². The van der Waals surface area contributed by atoms with E-state index in [-0.39, 0.29) is 11.2 Å². The first-order valence-electron chi connectivity index (χ1n) is 10.4. The lowest BCUT2D eigenvalue weighted by Gasteiger charge is -2.53. The van der Waals surface area contributed by atoms with E-state index in [1.54, 1.807) is 0 Å². The predicted octanol–water partition coefficient (Wildman–Crippen LogP) is 7.49. The van der Waals surface area contributed by atoms with Crippen molar-refractivity contribution in [3.05, 3.63) is 0 Å². The molecule has 0 saturated carbocycles. The molecule has 0 aliphatic rings. The molecule has 0 aromatic rings. The predicted molar refractivity (Wildman–Crippen MR) is 105 cm³/mol. The summed E-state index contributed by atoms with van der Waals surface area (Å²) in [5.74, 6) is 2.31. The summed E-state index contributed by atoms with van der Waals surface area (Å²) in [6.45, 7) is 23.5. The Morgan fingerprint density at radius 3 is 1.09 bits per heavy atom. The van der Waals surface area contributed by atoms with Crippen molar-refractivity contribution in [2.45, 2.75) is 119 Å². The second-order valence-corrected chi connectivity index (χ2v) is 8.41. The number of ether oxygens (including phenoxy) is 1. The summed E-state index contributed by atoms with van der Waals surface area (Å²) in [5, 5.41) is 0. The minimum Gasteiger partial charge on any atom is -0.367 e. The van der Waals surface area contributed by atoms with Crippen molar-refractivity contribution in [1.29, 1.82) is 0 Å². The van der Waals surface area contributed by atoms with E-state index in [9.17, 15) is 0 Å². The van der Waals surface area contributed by atoms with Crippen LogP contribution in [0.2, 0.25) is 0 Å². The molecule has 0 aliphatic heterocycles. The Hall–Kier alpha value is -0.0400. The van der Waals surface area contributed by atoms with Crippen LogP contribution in [0.15, 0.2) is 0 Å². The molecule has 0 aromatic heterocycles. The molecular weight excluding hydrogens is 280 g/mol. The average Bonchev–Trinajstić information content (AvgIpc) is 2.48. The van der Waals surface area contributed by atoms with Gasteiger partial charge in [0.05, 0.1) is 11.2 Å². The molecule has 0 radical (unpaired) electrons. The summed E-state index contributed by atoms with van der Waals surface area (Å²) in [7, 11) is 0. The van der Waals surface area contributed by atoms with E-state index in [1.807, 2.05) is 0 Å². The number of hydrogen-bond acceptors (Lipinski definition) is 1. The Morgan fingerprint density at radius 2 is 0.913 bits per heavy atom. The lowest BCUT2D eigenvalue weighted by atomic mass is 9.70. The first-order valence-corrected chi connectivity index (χ1v) is 10.4. The van der Waals surface area contributed by atoms with Crippen LogP contribution in [-0.2, 0) is 4.74 Å². The second-order valence-electron chi connectivity index (χ2n) is 8.41. The van der Waals surface area contributed by atoms with Gasteiger partial charge in [0.25, 0.3) is 0 Å². The van der Waals surface area contributed by atoms with Crippen molar-refractivity contribution in [2.24, 2.45) is 23.7 Å². The van der Waals surface area contributed by atoms with Gasteiger partial charge in [-0.2, -0.15) is 0 Å². The van der Waals surface area contributed by atoms with Gasteiger partial charge in [-0.05, 0) is 49.4 Å². The Morgan fingerprint density at radius 1 is 0.609 bits per heavy atom. The van der Waals surface area contributed by atoms with E-state index < -0.39 is 0 Å². The third-order valence-electron chi connectivity index (χ3n) is 6.55. The maximum atomic E-state index is 7.28. The van der Waals surface area contributed by atoms with Gasteiger partial charge in [-0.1, -0.05) is 82.1 Å². The maximum absolute atomic E-state index is 7.28. The van der Waals surface area contributed by atoms with Gasteiger partial charge in [-0.3, -0.25) is 0 Å². The molecule has 23 heavy (non-hydrogen) atoms. The van der Waals surface area contributed by atoms with E-state index in [1.165, 1.54) is 25.7 Å². The molecule has 140 valence electrons. The fourth-order valence-corrected chi connectivity index (χ4v) is 4.94. The highest BCUT2D eigenvalue weighted by Crippen LogP contribution is 2.46. The van der Waals surface area contributed by atoms with Gasteiger partial charge < -0.3 is 4.74 Å². The zero-order valence-electron chi connectivity index (χ0n) is 18.0. The quantitative estimate of drug-likeness (QED) is 0.361. The topological polar surface area (TPSA) is 9.23 Å². The van der Waals surface area contributed by atoms with Crippen LogP contribution in [0.3, 0.4) is 0 Å². The van der Waals surface area contributed by atoms with Crippen molar-refractivity contribution in [3.63, 3.8) is 0 Å². The lowest BCUT2D eigenvalue weighted by molar-refractivity contribution is -0.241. The smallest absolute Gasteiger partial charge is 0.0735 e. The van der Waals surface area contributed by atoms with Crippen molar-refractivity contribution in [3.8, 4) is 0 Å². The number of rotatable bonds is 12. The molecule has 4 atom stereocenters. The van der Waals surface area contributed by atoms with Crippen molar-refractivity contribution >= 4 is 0 Å². The Labute approximate surface area is 148 Å². The Bertz CT molecular complexity index is 279. The third kappa shape index (κ3) is 4.97. The molecule has 0 rings (SSSR count). The third-order valence-corrected chi connectivity index (χ3v) is 6.55. The van der Waals surface area contributed by atoms with E-state index in [0.717, 1.165) is 12.8 Å². The van der Waals surface area contributed by atoms with Gasteiger partial charge in [-0.25, -0.2) is 0 Å². The molecule has 0 heterocycles. The summed E-state index contributed by atoms with van der Waals surface area (Å²) in [5.41, 5.74) is -0.00339. The molecule has 0 N–H and O–H groups in total. The van der Waals surface area contributed by atoms with Crippen molar-refractivity contribution in [1.82, 2.24) is 0 Å². The zero-order chi connectivity index (χ0) is 18.3. The molecule has 1 nitrogen and oxygen atoms in total. The monoisotopic (exact) mass is 326 g/mol. The van der Waals surface area contributed by atoms with E-state index >= 15 is 0 Å². The van der Waals surface area contributed by atoms with Gasteiger partial charge in [0.1, 0.15) is 0 Å². The highest BCUT2D eigenvalue weighted by molar-refractivity contribution is 4.96. The van der Waals surface area contributed by atoms with E-state index in [4.69, 9.17) is 4.74 Å². The van der Waals surface area contributed by atoms with Gasteiger partial charge in [0.2, 0.25) is 0 Å². The Balaban J connectivity index is 5.86. The Kier molecular flexibility index (Phi) is 10.0. The van der Waals surface area contributed by atoms with Crippen LogP contribution in [0.25, 0.3) is 0 Å². The summed E-state index contributed by atoms with van der Waals surface area (Å²) in [4.78, 5) is 0. The molecule has 1 heteroatoms. The lowest BCUT2D eigenvalue weighted by Crippen LogP contribution is -2.56. The molecule has 0 spiro atoms. The molecule has 0 fully saturated rings. The van der Waals surface area contributed by atoms with Crippen LogP contribution in [0.5, 0.6) is 0 Å². The van der Waals surface area contributed by atoms with Gasteiger partial charge in [-0.15, -0.1) is 0 Å². The van der Waals surface area contributed by atoms with Crippen LogP contribution in [0.4, 0.5) is 0 Å². The molecule has 0 aliphatic carbocycles. The van der Waals surface area contributed by atoms with Crippen LogP contribution in [0.1, 0.15) is 108 Å². The molecule has 4 unspecified atom stereocenters. The minimum atomic E-state index is -0.00170. The summed E-state index contributed by atoms with van der Waals surface area (Å²) < 4.78 is 7.28. The molecule has 0 amide bonds. The molecular formula is C22H46O. The first-order chi connectivity index (χ1) is 10.7. The van der Waals surface area contributed by atoms with Crippen LogP contribution in [-0.4, -0.2) is 11.2 Å². The van der Waals surface area contributed by atoms with Crippen LogP contribution >= 0.6 is 0 Å². The van der Waals surface area contributed by atoms with Gasteiger partial charge in [0, 0.05) is 0 Å². The average molecular weight is 327 g/mol. The van der Waals surface area contributed by atoms with Crippen LogP contribution < -0.4 is 0 Å². The zero-order valence-corrected chi connectivity index (χ0v) is 18.0. The minimum absolute atomic E-state index is 0.00170. The first kappa shape index (κ1) is 23.0. The molecule has 0 saturated heterocycles. The van der Waals surface area contributed by atoms with Crippen LogP contribution in [0, 0.1) is 23.7 Å². The molecule has 0 bridgehead atoms.